The molecule has 1 aliphatic carbocycles. The van der Waals surface area contributed by atoms with Gasteiger partial charge < -0.3 is 15.0 Å². The van der Waals surface area contributed by atoms with Crippen LogP contribution in [0.2, 0.25) is 5.02 Å². The monoisotopic (exact) mass is 683 g/mol. The number of carbonyl (C=O) groups excluding carboxylic acids is 3. The lowest BCUT2D eigenvalue weighted by atomic mass is 9.69. The van der Waals surface area contributed by atoms with E-state index < -0.39 is 62.8 Å². The Kier molecular flexibility index (Phi) is 8.48. The zero-order chi connectivity index (χ0) is 33.9. The van der Waals surface area contributed by atoms with Crippen LogP contribution in [0.1, 0.15) is 47.7 Å². The van der Waals surface area contributed by atoms with Crippen LogP contribution in [-0.2, 0) is 19.9 Å². The third-order valence-electron chi connectivity index (χ3n) is 9.92. The van der Waals surface area contributed by atoms with Crippen molar-refractivity contribution in [3.8, 4) is 0 Å². The number of nitro benzene ring substituents is 1. The van der Waals surface area contributed by atoms with E-state index in [1.807, 2.05) is 4.90 Å². The Hall–Kier alpha value is -4.13. The molecule has 3 aliphatic heterocycles. The number of carbonyl (C=O) groups is 3. The molecule has 47 heavy (non-hydrogen) atoms. The molecule has 0 bridgehead atoms. The SMILES string of the molecule is C=N/C(Cl)=C(F)\C(=C/C)[C@H]1[C@@H]2C(=O)N(c3ccc(C(=O)OC)c(C)c3[N+](=O)[O-])CC[C@@H]2N(CC2CC2)[C@@]12C(=O)Nc1cc(Cl)ccc12. The highest BCUT2D eigenvalue weighted by atomic mass is 35.5. The quantitative estimate of drug-likeness (QED) is 0.0864. The number of amides is 2. The van der Waals surface area contributed by atoms with Crippen molar-refractivity contribution < 1.29 is 28.4 Å². The highest BCUT2D eigenvalue weighted by Gasteiger charge is 2.70. The second kappa shape index (κ2) is 12.1. The second-order valence-electron chi connectivity index (χ2n) is 12.2. The minimum Gasteiger partial charge on any atom is -0.465 e. The Morgan fingerprint density at radius 3 is 2.62 bits per heavy atom. The van der Waals surface area contributed by atoms with E-state index in [1.165, 1.54) is 37.1 Å². The van der Waals surface area contributed by atoms with Crippen LogP contribution in [0.4, 0.5) is 21.5 Å². The number of nitro groups is 1. The normalized spacial score (nSPS) is 26.1. The van der Waals surface area contributed by atoms with Crippen LogP contribution >= 0.6 is 23.2 Å². The number of aliphatic imine (C=N–C) groups is 1. The van der Waals surface area contributed by atoms with Crippen molar-refractivity contribution >= 4 is 64.8 Å². The maximum Gasteiger partial charge on any atom is 0.338 e. The van der Waals surface area contributed by atoms with E-state index in [-0.39, 0.29) is 34.9 Å². The summed E-state index contributed by atoms with van der Waals surface area (Å²) in [7, 11) is 1.17. The topological polar surface area (TPSA) is 134 Å². The lowest BCUT2D eigenvalue weighted by Gasteiger charge is -2.40. The van der Waals surface area contributed by atoms with Crippen LogP contribution in [-0.4, -0.2) is 60.6 Å². The highest BCUT2D eigenvalue weighted by molar-refractivity contribution is 6.31. The number of methoxy groups -OCH3 is 1. The summed E-state index contributed by atoms with van der Waals surface area (Å²) < 4.78 is 21.1. The average Bonchev–Trinajstić information content (AvgIpc) is 3.76. The third-order valence-corrected chi connectivity index (χ3v) is 10.4. The standard InChI is InChI=1S/C33H32Cl2FN5O6/c1-5-19(27(36)29(35)37-3)26-25-23(40(15-17-6-7-17)33(26)21-10-8-18(34)14-22(21)38-32(33)44)12-13-39(30(25)42)24-11-9-20(31(43)47-4)16(2)28(24)41(45)46/h5,8-11,14,17,23,25-26H,3,6-7,12-13,15H2,1-2,4H3,(H,38,44)/b19-5-,29-27+/t23-,25+,26-,33+/m0/s1. The number of benzene rings is 2. The van der Waals surface area contributed by atoms with Crippen LogP contribution in [0.5, 0.6) is 0 Å². The number of hydrogen-bond acceptors (Lipinski definition) is 8. The van der Waals surface area contributed by atoms with Gasteiger partial charge in [-0.05, 0) is 75.6 Å². The summed E-state index contributed by atoms with van der Waals surface area (Å²) in [4.78, 5) is 60.6. The van der Waals surface area contributed by atoms with Gasteiger partial charge >= 0.3 is 5.97 Å². The molecule has 0 aromatic heterocycles. The van der Waals surface area contributed by atoms with Gasteiger partial charge in [-0.25, -0.2) is 14.2 Å². The molecule has 3 fully saturated rings. The fraction of sp³-hybridized carbons (Fsp3) is 0.394. The van der Waals surface area contributed by atoms with Gasteiger partial charge in [0.25, 0.3) is 5.69 Å². The molecule has 1 N–H and O–H groups in total. The molecular weight excluding hydrogens is 652 g/mol. The van der Waals surface area contributed by atoms with Gasteiger partial charge in [0.05, 0.1) is 23.5 Å². The first-order chi connectivity index (χ1) is 22.4. The van der Waals surface area contributed by atoms with E-state index in [9.17, 15) is 24.5 Å². The van der Waals surface area contributed by atoms with E-state index in [2.05, 4.69) is 17.0 Å². The van der Waals surface area contributed by atoms with Gasteiger partial charge in [0.1, 0.15) is 11.2 Å². The van der Waals surface area contributed by atoms with Gasteiger partial charge in [0, 0.05) is 46.9 Å². The number of fused-ring (bicyclic) bond motifs is 3. The summed E-state index contributed by atoms with van der Waals surface area (Å²) in [5.74, 6) is -4.54. The lowest BCUT2D eigenvalue weighted by Crippen LogP contribution is -2.54. The molecule has 0 radical (unpaired) electrons. The molecule has 4 aliphatic rings. The fourth-order valence-corrected chi connectivity index (χ4v) is 8.09. The number of nitrogens with zero attached hydrogens (tertiary/aromatic N) is 4. The zero-order valence-corrected chi connectivity index (χ0v) is 27.4. The van der Waals surface area contributed by atoms with E-state index in [0.717, 1.165) is 12.8 Å². The number of piperidine rings is 1. The number of halogens is 3. The van der Waals surface area contributed by atoms with Crippen molar-refractivity contribution in [1.82, 2.24) is 4.90 Å². The van der Waals surface area contributed by atoms with E-state index >= 15 is 4.39 Å². The van der Waals surface area contributed by atoms with Gasteiger partial charge in [-0.3, -0.25) is 24.6 Å². The van der Waals surface area contributed by atoms with Gasteiger partial charge in [0.15, 0.2) is 11.0 Å². The summed E-state index contributed by atoms with van der Waals surface area (Å²) in [6.07, 6.45) is 3.69. The maximum atomic E-state index is 16.3. The predicted molar refractivity (Wildman–Crippen MR) is 175 cm³/mol. The van der Waals surface area contributed by atoms with Crippen LogP contribution in [0.15, 0.2) is 58.0 Å². The molecule has 6 rings (SSSR count). The van der Waals surface area contributed by atoms with Crippen LogP contribution in [0.3, 0.4) is 0 Å². The summed E-state index contributed by atoms with van der Waals surface area (Å²) in [6.45, 7) is 6.93. The van der Waals surface area contributed by atoms with Gasteiger partial charge in [-0.2, -0.15) is 0 Å². The van der Waals surface area contributed by atoms with E-state index in [0.29, 0.717) is 29.2 Å². The van der Waals surface area contributed by atoms with E-state index in [4.69, 9.17) is 27.9 Å². The molecule has 0 unspecified atom stereocenters. The van der Waals surface area contributed by atoms with Crippen LogP contribution in [0, 0.1) is 34.8 Å². The van der Waals surface area contributed by atoms with Crippen LogP contribution < -0.4 is 10.2 Å². The van der Waals surface area contributed by atoms with Crippen molar-refractivity contribution in [2.24, 2.45) is 22.7 Å². The smallest absolute Gasteiger partial charge is 0.338 e. The number of rotatable bonds is 8. The number of allylic oxidation sites excluding steroid dienone is 2. The summed E-state index contributed by atoms with van der Waals surface area (Å²) >= 11 is 12.5. The molecule has 246 valence electrons. The highest BCUT2D eigenvalue weighted by Crippen LogP contribution is 2.61. The van der Waals surface area contributed by atoms with Gasteiger partial charge in [-0.1, -0.05) is 35.3 Å². The van der Waals surface area contributed by atoms with Crippen molar-refractivity contribution in [2.45, 2.75) is 44.7 Å². The zero-order valence-electron chi connectivity index (χ0n) is 25.9. The molecule has 4 atom stereocenters. The van der Waals surface area contributed by atoms with Gasteiger partial charge in [0.2, 0.25) is 11.8 Å². The van der Waals surface area contributed by atoms with Gasteiger partial charge in [-0.15, -0.1) is 0 Å². The van der Waals surface area contributed by atoms with Crippen molar-refractivity contribution in [1.29, 1.82) is 0 Å². The molecule has 1 saturated carbocycles. The first-order valence-corrected chi connectivity index (χ1v) is 15.9. The number of hydrogen-bond donors (Lipinski definition) is 1. The Morgan fingerprint density at radius 2 is 2.00 bits per heavy atom. The lowest BCUT2D eigenvalue weighted by molar-refractivity contribution is -0.384. The number of likely N-dealkylation sites (tertiary alicyclic amines) is 1. The van der Waals surface area contributed by atoms with Crippen molar-refractivity contribution in [3.63, 3.8) is 0 Å². The van der Waals surface area contributed by atoms with Crippen molar-refractivity contribution in [3.05, 3.63) is 84.8 Å². The Labute approximate surface area is 280 Å². The molecular formula is C33H32Cl2FN5O6. The minimum absolute atomic E-state index is 0.00411. The van der Waals surface area contributed by atoms with Crippen LogP contribution in [0.25, 0.3) is 0 Å². The Bertz CT molecular complexity index is 1810. The predicted octanol–water partition coefficient (Wildman–Crippen LogP) is 6.28. The van der Waals surface area contributed by atoms with Crippen molar-refractivity contribution in [2.75, 3.05) is 30.4 Å². The number of anilines is 2. The van der Waals surface area contributed by atoms with E-state index in [1.54, 1.807) is 25.1 Å². The first kappa shape index (κ1) is 32.8. The number of nitrogens with one attached hydrogen (secondary N) is 1. The fourth-order valence-electron chi connectivity index (χ4n) is 7.81. The Balaban J connectivity index is 1.59. The molecule has 2 aromatic carbocycles. The molecule has 2 amide bonds. The summed E-state index contributed by atoms with van der Waals surface area (Å²) in [5.41, 5.74) is -0.951. The average molecular weight is 685 g/mol. The maximum absolute atomic E-state index is 16.3. The molecule has 2 aromatic rings. The molecule has 1 spiro atoms. The summed E-state index contributed by atoms with van der Waals surface area (Å²) in [6, 6.07) is 7.21. The Morgan fingerprint density at radius 1 is 1.28 bits per heavy atom. The molecule has 2 saturated heterocycles. The molecule has 3 heterocycles. The number of ether oxygens (including phenoxy) is 1. The number of esters is 1. The third kappa shape index (κ3) is 4.96. The second-order valence-corrected chi connectivity index (χ2v) is 13.0. The molecule has 11 nitrogen and oxygen atoms in total. The minimum atomic E-state index is -1.54. The largest absolute Gasteiger partial charge is 0.465 e. The molecule has 14 heteroatoms. The summed E-state index contributed by atoms with van der Waals surface area (Å²) in [5, 5.41) is 15.3. The first-order valence-electron chi connectivity index (χ1n) is 15.2.